The van der Waals surface area contributed by atoms with Crippen LogP contribution in [0.3, 0.4) is 0 Å². The van der Waals surface area contributed by atoms with Gasteiger partial charge in [0.1, 0.15) is 12.4 Å². The molecule has 0 heterocycles. The number of methoxy groups -OCH3 is 2. The maximum absolute atomic E-state index is 8.72. The first-order chi connectivity index (χ1) is 11.8. The summed E-state index contributed by atoms with van der Waals surface area (Å²) in [4.78, 5) is 5.15. The molecule has 0 aliphatic heterocycles. The van der Waals surface area contributed by atoms with Crippen molar-refractivity contribution in [2.24, 2.45) is 5.16 Å². The number of nitrogens with zero attached hydrogens (tertiary/aromatic N) is 2. The third kappa shape index (κ3) is 4.92. The molecule has 2 aromatic rings. The molecular weight excluding hydrogens is 308 g/mol. The molecule has 6 heteroatoms. The Hall–Kier alpha value is -3.20. The molecule has 0 aromatic heterocycles. The molecule has 0 spiro atoms. The summed E-state index contributed by atoms with van der Waals surface area (Å²) in [5.74, 6) is 1.97. The molecule has 0 radical (unpaired) electrons. The van der Waals surface area contributed by atoms with Crippen LogP contribution in [0.1, 0.15) is 11.1 Å². The summed E-state index contributed by atoms with van der Waals surface area (Å²) in [6.45, 7) is 0.666. The Morgan fingerprint density at radius 1 is 1.00 bits per heavy atom. The maximum Gasteiger partial charge on any atom is 0.161 e. The zero-order chi connectivity index (χ0) is 17.2. The molecule has 0 aliphatic carbocycles. The van der Waals surface area contributed by atoms with Gasteiger partial charge in [0.25, 0.3) is 0 Å². The van der Waals surface area contributed by atoms with Crippen LogP contribution in [-0.2, 0) is 4.84 Å². The normalized spacial score (nSPS) is 10.2. The van der Waals surface area contributed by atoms with E-state index in [2.05, 4.69) is 11.2 Å². The minimum absolute atomic E-state index is 0.309. The number of nitriles is 1. The van der Waals surface area contributed by atoms with Crippen molar-refractivity contribution in [1.29, 1.82) is 5.26 Å². The molecular formula is C18H18N2O4. The van der Waals surface area contributed by atoms with E-state index in [1.54, 1.807) is 56.8 Å². The molecule has 0 saturated heterocycles. The van der Waals surface area contributed by atoms with Crippen LogP contribution < -0.4 is 14.2 Å². The molecule has 0 saturated carbocycles. The van der Waals surface area contributed by atoms with Gasteiger partial charge in [-0.15, -0.1) is 0 Å². The van der Waals surface area contributed by atoms with Crippen LogP contribution in [0.15, 0.2) is 47.6 Å². The predicted octanol–water partition coefficient (Wildman–Crippen LogP) is 3.00. The van der Waals surface area contributed by atoms with Crippen molar-refractivity contribution >= 4 is 6.21 Å². The molecule has 24 heavy (non-hydrogen) atoms. The molecule has 0 amide bonds. The van der Waals surface area contributed by atoms with Crippen LogP contribution in [0.25, 0.3) is 0 Å². The van der Waals surface area contributed by atoms with E-state index < -0.39 is 0 Å². The molecule has 0 fully saturated rings. The molecule has 2 aromatic carbocycles. The third-order valence-electron chi connectivity index (χ3n) is 3.11. The van der Waals surface area contributed by atoms with Crippen LogP contribution in [0.5, 0.6) is 17.2 Å². The Kier molecular flexibility index (Phi) is 6.47. The highest BCUT2D eigenvalue weighted by molar-refractivity contribution is 5.80. The lowest BCUT2D eigenvalue weighted by Gasteiger charge is -2.07. The van der Waals surface area contributed by atoms with Crippen molar-refractivity contribution in [3.8, 4) is 23.3 Å². The van der Waals surface area contributed by atoms with E-state index in [0.29, 0.717) is 36.0 Å². The lowest BCUT2D eigenvalue weighted by atomic mass is 10.2. The standard InChI is InChI=1S/C18H18N2O4/c1-21-17-8-5-15(11-18(17)22-2)13-20-24-10-9-23-16-6-3-14(12-19)4-7-16/h3-8,11,13H,9-10H2,1-2H3/b20-13+. The average molecular weight is 326 g/mol. The summed E-state index contributed by atoms with van der Waals surface area (Å²) in [6, 6.07) is 14.4. The molecule has 6 nitrogen and oxygen atoms in total. The van der Waals surface area contributed by atoms with Crippen molar-refractivity contribution in [3.63, 3.8) is 0 Å². The molecule has 0 atom stereocenters. The van der Waals surface area contributed by atoms with Gasteiger partial charge in [-0.3, -0.25) is 0 Å². The zero-order valence-electron chi connectivity index (χ0n) is 13.6. The van der Waals surface area contributed by atoms with E-state index in [9.17, 15) is 0 Å². The van der Waals surface area contributed by atoms with Gasteiger partial charge in [-0.2, -0.15) is 5.26 Å². The van der Waals surface area contributed by atoms with Crippen LogP contribution in [0.2, 0.25) is 0 Å². The highest BCUT2D eigenvalue weighted by Crippen LogP contribution is 2.26. The first kappa shape index (κ1) is 17.2. The number of ether oxygens (including phenoxy) is 3. The minimum atomic E-state index is 0.309. The van der Waals surface area contributed by atoms with E-state index >= 15 is 0 Å². The van der Waals surface area contributed by atoms with Crippen LogP contribution >= 0.6 is 0 Å². The highest BCUT2D eigenvalue weighted by atomic mass is 16.6. The number of oxime groups is 1. The Labute approximate surface area is 140 Å². The Morgan fingerprint density at radius 3 is 2.42 bits per heavy atom. The second kappa shape index (κ2) is 9.06. The van der Waals surface area contributed by atoms with Gasteiger partial charge in [-0.25, -0.2) is 0 Å². The maximum atomic E-state index is 8.72. The first-order valence-corrected chi connectivity index (χ1v) is 7.27. The SMILES string of the molecule is COc1ccc(/C=N/OCCOc2ccc(C#N)cc2)cc1OC. The number of benzene rings is 2. The van der Waals surface area contributed by atoms with Gasteiger partial charge < -0.3 is 19.0 Å². The van der Waals surface area contributed by atoms with E-state index in [0.717, 1.165) is 5.56 Å². The monoisotopic (exact) mass is 326 g/mol. The van der Waals surface area contributed by atoms with E-state index in [1.807, 2.05) is 6.07 Å². The molecule has 0 bridgehead atoms. The Bertz CT molecular complexity index is 721. The van der Waals surface area contributed by atoms with Gasteiger partial charge in [0.2, 0.25) is 0 Å². The largest absolute Gasteiger partial charge is 0.493 e. The first-order valence-electron chi connectivity index (χ1n) is 7.27. The Balaban J connectivity index is 1.75. The van der Waals surface area contributed by atoms with Gasteiger partial charge >= 0.3 is 0 Å². The van der Waals surface area contributed by atoms with Crippen LogP contribution in [-0.4, -0.2) is 33.6 Å². The fraction of sp³-hybridized carbons (Fsp3) is 0.222. The van der Waals surface area contributed by atoms with Gasteiger partial charge in [-0.05, 0) is 42.5 Å². The van der Waals surface area contributed by atoms with Crippen LogP contribution in [0.4, 0.5) is 0 Å². The molecule has 2 rings (SSSR count). The highest BCUT2D eigenvalue weighted by Gasteiger charge is 2.03. The van der Waals surface area contributed by atoms with Crippen molar-refractivity contribution in [1.82, 2.24) is 0 Å². The lowest BCUT2D eigenvalue weighted by molar-refractivity contribution is 0.108. The van der Waals surface area contributed by atoms with Gasteiger partial charge in [0, 0.05) is 5.56 Å². The van der Waals surface area contributed by atoms with Crippen molar-refractivity contribution < 1.29 is 19.0 Å². The number of hydrogen-bond donors (Lipinski definition) is 0. The molecule has 0 unspecified atom stereocenters. The fourth-order valence-corrected chi connectivity index (χ4v) is 1.91. The second-order valence-corrected chi connectivity index (χ2v) is 4.67. The number of rotatable bonds is 8. The second-order valence-electron chi connectivity index (χ2n) is 4.67. The summed E-state index contributed by atoms with van der Waals surface area (Å²) in [7, 11) is 3.17. The van der Waals surface area contributed by atoms with E-state index in [1.165, 1.54) is 0 Å². The van der Waals surface area contributed by atoms with Crippen molar-refractivity contribution in [3.05, 3.63) is 53.6 Å². The van der Waals surface area contributed by atoms with Crippen LogP contribution in [0, 0.1) is 11.3 Å². The molecule has 124 valence electrons. The van der Waals surface area contributed by atoms with Gasteiger partial charge in [0.15, 0.2) is 18.1 Å². The quantitative estimate of drug-likeness (QED) is 0.423. The topological polar surface area (TPSA) is 73.1 Å². The zero-order valence-corrected chi connectivity index (χ0v) is 13.6. The predicted molar refractivity (Wildman–Crippen MR) is 89.7 cm³/mol. The summed E-state index contributed by atoms with van der Waals surface area (Å²) in [5, 5.41) is 12.6. The fourth-order valence-electron chi connectivity index (χ4n) is 1.91. The lowest BCUT2D eigenvalue weighted by Crippen LogP contribution is -2.04. The van der Waals surface area contributed by atoms with Gasteiger partial charge in [-0.1, -0.05) is 5.16 Å². The van der Waals surface area contributed by atoms with E-state index in [-0.39, 0.29) is 0 Å². The summed E-state index contributed by atoms with van der Waals surface area (Å²) < 4.78 is 15.9. The average Bonchev–Trinajstić information content (AvgIpc) is 2.64. The summed E-state index contributed by atoms with van der Waals surface area (Å²) >= 11 is 0. The third-order valence-corrected chi connectivity index (χ3v) is 3.11. The molecule has 0 aliphatic rings. The van der Waals surface area contributed by atoms with E-state index in [4.69, 9.17) is 24.3 Å². The summed E-state index contributed by atoms with van der Waals surface area (Å²) in [5.41, 5.74) is 1.43. The number of hydrogen-bond acceptors (Lipinski definition) is 6. The summed E-state index contributed by atoms with van der Waals surface area (Å²) in [6.07, 6.45) is 1.59. The minimum Gasteiger partial charge on any atom is -0.493 e. The van der Waals surface area contributed by atoms with Crippen molar-refractivity contribution in [2.75, 3.05) is 27.4 Å². The Morgan fingerprint density at radius 2 is 1.75 bits per heavy atom. The smallest absolute Gasteiger partial charge is 0.161 e. The molecule has 0 N–H and O–H groups in total. The van der Waals surface area contributed by atoms with Crippen molar-refractivity contribution in [2.45, 2.75) is 0 Å². The van der Waals surface area contributed by atoms with Gasteiger partial charge in [0.05, 0.1) is 32.1 Å².